The lowest BCUT2D eigenvalue weighted by Gasteiger charge is -2.24. The average Bonchev–Trinajstić information content (AvgIpc) is 3.22. The van der Waals surface area contributed by atoms with E-state index < -0.39 is 5.91 Å². The molecular formula is C29H27ClN4O3S. The molecule has 2 amide bonds. The average molecular weight is 547 g/mol. The zero-order valence-electron chi connectivity index (χ0n) is 20.7. The van der Waals surface area contributed by atoms with Crippen molar-refractivity contribution in [2.75, 3.05) is 5.32 Å². The van der Waals surface area contributed by atoms with Crippen LogP contribution in [0.15, 0.2) is 66.9 Å². The minimum atomic E-state index is -0.651. The maximum absolute atomic E-state index is 12.9. The third-order valence-electron chi connectivity index (χ3n) is 6.48. The number of carbonyl (C=O) groups is 2. The van der Waals surface area contributed by atoms with Crippen molar-refractivity contribution in [3.8, 4) is 11.6 Å². The van der Waals surface area contributed by atoms with E-state index in [1.165, 1.54) is 35.6 Å². The van der Waals surface area contributed by atoms with E-state index in [1.807, 2.05) is 0 Å². The zero-order valence-corrected chi connectivity index (χ0v) is 22.2. The number of halogens is 1. The zero-order chi connectivity index (χ0) is 26.5. The van der Waals surface area contributed by atoms with Crippen molar-refractivity contribution >= 4 is 45.5 Å². The van der Waals surface area contributed by atoms with E-state index in [4.69, 9.17) is 27.1 Å². The van der Waals surface area contributed by atoms with Gasteiger partial charge in [0.2, 0.25) is 11.8 Å². The Balaban J connectivity index is 1.29. The van der Waals surface area contributed by atoms with E-state index in [2.05, 4.69) is 40.7 Å². The number of aromatic nitrogens is 2. The second kappa shape index (κ2) is 11.8. The molecule has 0 aliphatic heterocycles. The Morgan fingerprint density at radius 2 is 2.05 bits per heavy atom. The van der Waals surface area contributed by atoms with E-state index >= 15 is 0 Å². The molecule has 7 nitrogen and oxygen atoms in total. The lowest BCUT2D eigenvalue weighted by Crippen LogP contribution is -2.15. The first-order chi connectivity index (χ1) is 18.5. The number of allylic oxidation sites excluding steroid dienone is 6. The van der Waals surface area contributed by atoms with Crippen LogP contribution in [0.5, 0.6) is 11.6 Å². The van der Waals surface area contributed by atoms with Gasteiger partial charge in [-0.25, -0.2) is 9.97 Å². The van der Waals surface area contributed by atoms with Crippen LogP contribution in [0, 0.1) is 0 Å². The number of pyridine rings is 1. The van der Waals surface area contributed by atoms with Gasteiger partial charge in [-0.3, -0.25) is 9.59 Å². The number of primary amides is 1. The molecule has 2 aliphatic carbocycles. The summed E-state index contributed by atoms with van der Waals surface area (Å²) >= 11 is 7.95. The molecular weight excluding hydrogens is 520 g/mol. The highest BCUT2D eigenvalue weighted by atomic mass is 35.5. The lowest BCUT2D eigenvalue weighted by molar-refractivity contribution is -0.115. The first-order valence-corrected chi connectivity index (χ1v) is 13.7. The van der Waals surface area contributed by atoms with Crippen molar-refractivity contribution in [1.82, 2.24) is 9.97 Å². The van der Waals surface area contributed by atoms with Crippen LogP contribution in [0.25, 0.3) is 5.57 Å². The van der Waals surface area contributed by atoms with Gasteiger partial charge in [-0.2, -0.15) is 0 Å². The van der Waals surface area contributed by atoms with Crippen LogP contribution in [0.1, 0.15) is 64.5 Å². The maximum Gasteiger partial charge on any atom is 0.254 e. The Kier molecular flexibility index (Phi) is 8.00. The monoisotopic (exact) mass is 546 g/mol. The molecule has 0 radical (unpaired) electrons. The Morgan fingerprint density at radius 3 is 2.82 bits per heavy atom. The number of carbonyl (C=O) groups excluding carboxylic acids is 2. The normalized spacial score (nSPS) is 16.1. The first-order valence-electron chi connectivity index (χ1n) is 12.5. The fourth-order valence-corrected chi connectivity index (χ4v) is 5.64. The molecule has 3 N–H and O–H groups in total. The highest BCUT2D eigenvalue weighted by Crippen LogP contribution is 2.43. The van der Waals surface area contributed by atoms with Gasteiger partial charge in [0.1, 0.15) is 11.3 Å². The molecule has 0 saturated heterocycles. The molecule has 0 atom stereocenters. The van der Waals surface area contributed by atoms with Gasteiger partial charge in [0, 0.05) is 12.1 Å². The van der Waals surface area contributed by atoms with Crippen LogP contribution in [-0.2, 0) is 11.2 Å². The fraction of sp³-hybridized carbons (Fsp3) is 0.241. The molecule has 1 saturated carbocycles. The second-order valence-corrected chi connectivity index (χ2v) is 10.6. The van der Waals surface area contributed by atoms with Crippen molar-refractivity contribution in [3.63, 3.8) is 0 Å². The second-order valence-electron chi connectivity index (χ2n) is 9.20. The first kappa shape index (κ1) is 25.9. The summed E-state index contributed by atoms with van der Waals surface area (Å²) in [6.45, 7) is 0. The Bertz CT molecular complexity index is 1460. The molecule has 5 rings (SSSR count). The highest BCUT2D eigenvalue weighted by molar-refractivity contribution is 7.17. The quantitative estimate of drug-likeness (QED) is 0.322. The van der Waals surface area contributed by atoms with Gasteiger partial charge in [-0.05, 0) is 61.1 Å². The third kappa shape index (κ3) is 6.03. The molecule has 0 unspecified atom stereocenters. The number of hydrogen-bond donors (Lipinski definition) is 2. The molecule has 2 heterocycles. The molecule has 1 aromatic carbocycles. The number of benzene rings is 1. The van der Waals surface area contributed by atoms with Crippen molar-refractivity contribution in [2.24, 2.45) is 5.73 Å². The number of ether oxygens (including phenoxy) is 1. The molecule has 2 aromatic heterocycles. The number of hydrogen-bond acceptors (Lipinski definition) is 6. The van der Waals surface area contributed by atoms with Crippen molar-refractivity contribution in [2.45, 2.75) is 44.4 Å². The standard InChI is InChI=1S/C29H27ClN4O3S/c30-22-16-18(13-14-23(22)37-28-21(27(31)36)12-7-15-32-28)17-24(35)33-29-34-25(19-10-6-11-19)26(38-29)20-8-4-2-1-3-5-9-20/h1-2,4,7-9,12-16,19H,3,5-6,10-11,17H2,(H2,31,36)(H,33,34,35)/b2-1+,8-4?,20-9?. The van der Waals surface area contributed by atoms with Crippen molar-refractivity contribution < 1.29 is 14.3 Å². The molecule has 0 spiro atoms. The number of nitrogens with zero attached hydrogens (tertiary/aromatic N) is 2. The number of rotatable bonds is 8. The largest absolute Gasteiger partial charge is 0.437 e. The predicted octanol–water partition coefficient (Wildman–Crippen LogP) is 6.82. The number of nitrogens with one attached hydrogen (secondary N) is 1. The summed E-state index contributed by atoms with van der Waals surface area (Å²) < 4.78 is 5.72. The van der Waals surface area contributed by atoms with E-state index in [-0.39, 0.29) is 28.8 Å². The maximum atomic E-state index is 12.9. The van der Waals surface area contributed by atoms with E-state index in [1.54, 1.807) is 24.3 Å². The van der Waals surface area contributed by atoms with Gasteiger partial charge in [-0.1, -0.05) is 65.8 Å². The predicted molar refractivity (Wildman–Crippen MR) is 151 cm³/mol. The highest BCUT2D eigenvalue weighted by Gasteiger charge is 2.27. The molecule has 2 aliphatic rings. The molecule has 194 valence electrons. The van der Waals surface area contributed by atoms with Crippen LogP contribution in [0.2, 0.25) is 5.02 Å². The Morgan fingerprint density at radius 1 is 1.18 bits per heavy atom. The van der Waals surface area contributed by atoms with Crippen LogP contribution in [-0.4, -0.2) is 21.8 Å². The minimum Gasteiger partial charge on any atom is -0.437 e. The Hall–Kier alpha value is -3.75. The number of amides is 2. The fourth-order valence-electron chi connectivity index (χ4n) is 4.31. The molecule has 0 bridgehead atoms. The smallest absolute Gasteiger partial charge is 0.254 e. The topological polar surface area (TPSA) is 107 Å². The molecule has 3 aromatic rings. The van der Waals surface area contributed by atoms with Crippen LogP contribution < -0.4 is 15.8 Å². The SMILES string of the molecule is NC(=O)c1cccnc1Oc1ccc(CC(=O)Nc2nc(C3CCC3)c(C3=CCC/C=C/C=C3)s2)cc1Cl. The van der Waals surface area contributed by atoms with Gasteiger partial charge in [0.05, 0.1) is 22.0 Å². The summed E-state index contributed by atoms with van der Waals surface area (Å²) in [4.78, 5) is 34.6. The number of nitrogens with two attached hydrogens (primary N) is 1. The van der Waals surface area contributed by atoms with Gasteiger partial charge < -0.3 is 15.8 Å². The summed E-state index contributed by atoms with van der Waals surface area (Å²) in [5.41, 5.74) is 8.52. The van der Waals surface area contributed by atoms with E-state index in [0.717, 1.165) is 36.3 Å². The van der Waals surface area contributed by atoms with Gasteiger partial charge in [-0.15, -0.1) is 0 Å². The molecule has 38 heavy (non-hydrogen) atoms. The number of thiazole rings is 1. The van der Waals surface area contributed by atoms with Gasteiger partial charge >= 0.3 is 0 Å². The van der Waals surface area contributed by atoms with E-state index in [9.17, 15) is 9.59 Å². The lowest BCUT2D eigenvalue weighted by atomic mass is 9.82. The van der Waals surface area contributed by atoms with Gasteiger partial charge in [0.25, 0.3) is 5.91 Å². The van der Waals surface area contributed by atoms with Crippen LogP contribution >= 0.6 is 22.9 Å². The summed E-state index contributed by atoms with van der Waals surface area (Å²) in [6.07, 6.45) is 17.8. The molecule has 9 heteroatoms. The summed E-state index contributed by atoms with van der Waals surface area (Å²) in [7, 11) is 0. The van der Waals surface area contributed by atoms with Crippen molar-refractivity contribution in [1.29, 1.82) is 0 Å². The van der Waals surface area contributed by atoms with Gasteiger partial charge in [0.15, 0.2) is 5.13 Å². The van der Waals surface area contributed by atoms with Crippen LogP contribution in [0.3, 0.4) is 0 Å². The number of anilines is 1. The van der Waals surface area contributed by atoms with E-state index in [0.29, 0.717) is 22.4 Å². The third-order valence-corrected chi connectivity index (χ3v) is 7.81. The van der Waals surface area contributed by atoms with Crippen molar-refractivity contribution in [3.05, 3.63) is 93.6 Å². The summed E-state index contributed by atoms with van der Waals surface area (Å²) in [5.74, 6) is -0.00703. The Labute approximate surface area is 230 Å². The summed E-state index contributed by atoms with van der Waals surface area (Å²) in [5, 5.41) is 3.88. The minimum absolute atomic E-state index is 0.0690. The summed E-state index contributed by atoms with van der Waals surface area (Å²) in [6, 6.07) is 8.17. The van der Waals surface area contributed by atoms with Crippen LogP contribution in [0.4, 0.5) is 5.13 Å². The molecule has 1 fully saturated rings.